The monoisotopic (exact) mass is 404 g/mol. The Morgan fingerprint density at radius 3 is 2.66 bits per heavy atom. The summed E-state index contributed by atoms with van der Waals surface area (Å²) in [5.74, 6) is -0.221. The lowest BCUT2D eigenvalue weighted by molar-refractivity contribution is 0.0997. The molecule has 0 N–H and O–H groups in total. The molecule has 0 unspecified atom stereocenters. The van der Waals surface area contributed by atoms with E-state index in [1.54, 1.807) is 11.3 Å². The van der Waals surface area contributed by atoms with Crippen molar-refractivity contribution in [2.45, 2.75) is 27.3 Å². The summed E-state index contributed by atoms with van der Waals surface area (Å²) in [5, 5.41) is 2.16. The predicted octanol–water partition coefficient (Wildman–Crippen LogP) is 5.25. The minimum atomic E-state index is -0.221. The minimum Gasteiger partial charge on any atom is -0.380 e. The molecule has 4 aromatic rings. The fraction of sp³-hybridized carbons (Fsp3) is 0.250. The van der Waals surface area contributed by atoms with Crippen LogP contribution in [0.25, 0.3) is 21.0 Å². The van der Waals surface area contributed by atoms with Gasteiger partial charge in [-0.05, 0) is 60.9 Å². The lowest BCUT2D eigenvalue weighted by Gasteiger charge is -2.07. The zero-order valence-corrected chi connectivity index (χ0v) is 17.8. The van der Waals surface area contributed by atoms with Crippen LogP contribution in [0.5, 0.6) is 0 Å². The summed E-state index contributed by atoms with van der Waals surface area (Å²) in [5.41, 5.74) is 4.11. The topological polar surface area (TPSA) is 43.6 Å². The van der Waals surface area contributed by atoms with Gasteiger partial charge in [0.15, 0.2) is 4.80 Å². The number of hydrogen-bond acceptors (Lipinski definition) is 3. The van der Waals surface area contributed by atoms with E-state index in [4.69, 9.17) is 4.74 Å². The van der Waals surface area contributed by atoms with Crippen LogP contribution in [0.3, 0.4) is 0 Å². The Balaban J connectivity index is 1.81. The van der Waals surface area contributed by atoms with Crippen molar-refractivity contribution < 1.29 is 9.53 Å². The van der Waals surface area contributed by atoms with Crippen molar-refractivity contribution in [2.75, 3.05) is 13.2 Å². The summed E-state index contributed by atoms with van der Waals surface area (Å²) in [6.45, 7) is 8.11. The molecule has 29 heavy (non-hydrogen) atoms. The zero-order chi connectivity index (χ0) is 20.4. The predicted molar refractivity (Wildman–Crippen MR) is 120 cm³/mol. The fourth-order valence-electron chi connectivity index (χ4n) is 3.59. The average Bonchev–Trinajstić information content (AvgIpc) is 3.05. The number of rotatable bonds is 5. The molecule has 0 aliphatic carbocycles. The van der Waals surface area contributed by atoms with Gasteiger partial charge in [-0.1, -0.05) is 47.7 Å². The number of ether oxygens (including phenoxy) is 1. The molecular weight excluding hydrogens is 380 g/mol. The molecule has 0 atom stereocenters. The molecule has 3 aromatic carbocycles. The zero-order valence-electron chi connectivity index (χ0n) is 16.9. The number of thiazole rings is 1. The second-order valence-corrected chi connectivity index (χ2v) is 8.12. The van der Waals surface area contributed by atoms with E-state index in [-0.39, 0.29) is 5.91 Å². The number of carbonyl (C=O) groups excluding carboxylic acids is 1. The Labute approximate surface area is 174 Å². The van der Waals surface area contributed by atoms with Crippen LogP contribution in [0, 0.1) is 13.8 Å². The molecule has 0 aliphatic heterocycles. The minimum absolute atomic E-state index is 0.221. The third-order valence-electron chi connectivity index (χ3n) is 4.97. The smallest absolute Gasteiger partial charge is 0.279 e. The quantitative estimate of drug-likeness (QED) is 0.426. The van der Waals surface area contributed by atoms with Crippen LogP contribution >= 0.6 is 11.3 Å². The Kier molecular flexibility index (Phi) is 5.60. The number of aryl methyl sites for hydroxylation is 2. The SMILES string of the molecule is CCOCCn1c(=NC(=O)c2ccc3ccccc3c2)sc2c(C)cc(C)cc21. The molecule has 0 bridgehead atoms. The molecule has 4 rings (SSSR count). The van der Waals surface area contributed by atoms with Crippen LogP contribution in [0.4, 0.5) is 0 Å². The maximum absolute atomic E-state index is 13.0. The van der Waals surface area contributed by atoms with E-state index in [0.29, 0.717) is 30.1 Å². The second kappa shape index (κ2) is 8.31. The van der Waals surface area contributed by atoms with Gasteiger partial charge in [-0.2, -0.15) is 4.99 Å². The van der Waals surface area contributed by atoms with Crippen LogP contribution in [-0.4, -0.2) is 23.7 Å². The van der Waals surface area contributed by atoms with E-state index < -0.39 is 0 Å². The third-order valence-corrected chi connectivity index (χ3v) is 6.20. The molecule has 1 aromatic heterocycles. The normalized spacial score (nSPS) is 12.2. The molecule has 0 spiro atoms. The molecule has 1 amide bonds. The lowest BCUT2D eigenvalue weighted by Crippen LogP contribution is -2.19. The highest BCUT2D eigenvalue weighted by molar-refractivity contribution is 7.16. The molecule has 5 heteroatoms. The number of amides is 1. The number of aromatic nitrogens is 1. The van der Waals surface area contributed by atoms with E-state index in [1.165, 1.54) is 11.1 Å². The number of nitrogens with zero attached hydrogens (tertiary/aromatic N) is 2. The first-order valence-corrected chi connectivity index (χ1v) is 10.6. The maximum Gasteiger partial charge on any atom is 0.279 e. The van der Waals surface area contributed by atoms with Crippen LogP contribution in [0.2, 0.25) is 0 Å². The van der Waals surface area contributed by atoms with Gasteiger partial charge in [0, 0.05) is 18.7 Å². The molecule has 4 nitrogen and oxygen atoms in total. The molecule has 0 aliphatic rings. The summed E-state index contributed by atoms with van der Waals surface area (Å²) in [6.07, 6.45) is 0. The maximum atomic E-state index is 13.0. The molecule has 0 saturated heterocycles. The summed E-state index contributed by atoms with van der Waals surface area (Å²) in [6, 6.07) is 18.1. The summed E-state index contributed by atoms with van der Waals surface area (Å²) in [7, 11) is 0. The van der Waals surface area contributed by atoms with Gasteiger partial charge in [-0.15, -0.1) is 0 Å². The van der Waals surface area contributed by atoms with Gasteiger partial charge in [0.1, 0.15) is 0 Å². The van der Waals surface area contributed by atoms with Crippen molar-refractivity contribution in [2.24, 2.45) is 4.99 Å². The number of benzene rings is 3. The van der Waals surface area contributed by atoms with Crippen molar-refractivity contribution >= 4 is 38.2 Å². The summed E-state index contributed by atoms with van der Waals surface area (Å²) >= 11 is 1.56. The van der Waals surface area contributed by atoms with Gasteiger partial charge in [-0.25, -0.2) is 0 Å². The number of carbonyl (C=O) groups is 1. The van der Waals surface area contributed by atoms with Crippen LogP contribution in [0.1, 0.15) is 28.4 Å². The molecule has 0 saturated carbocycles. The van der Waals surface area contributed by atoms with Gasteiger partial charge in [-0.3, -0.25) is 4.79 Å². The molecule has 0 fully saturated rings. The Morgan fingerprint density at radius 1 is 1.07 bits per heavy atom. The average molecular weight is 405 g/mol. The van der Waals surface area contributed by atoms with Crippen molar-refractivity contribution in [1.82, 2.24) is 4.57 Å². The first-order valence-electron chi connectivity index (χ1n) is 9.83. The van der Waals surface area contributed by atoms with Gasteiger partial charge in [0.25, 0.3) is 5.91 Å². The molecule has 148 valence electrons. The Morgan fingerprint density at radius 2 is 1.86 bits per heavy atom. The fourth-order valence-corrected chi connectivity index (χ4v) is 4.69. The van der Waals surface area contributed by atoms with E-state index in [9.17, 15) is 4.79 Å². The van der Waals surface area contributed by atoms with Crippen molar-refractivity contribution in [3.8, 4) is 0 Å². The summed E-state index contributed by atoms with van der Waals surface area (Å²) in [4.78, 5) is 18.2. The second-order valence-electron chi connectivity index (χ2n) is 7.14. The van der Waals surface area contributed by atoms with Crippen LogP contribution < -0.4 is 4.80 Å². The van der Waals surface area contributed by atoms with Crippen LogP contribution in [0.15, 0.2) is 59.6 Å². The summed E-state index contributed by atoms with van der Waals surface area (Å²) < 4.78 is 8.84. The third kappa shape index (κ3) is 4.02. The van der Waals surface area contributed by atoms with Crippen molar-refractivity contribution in [3.05, 3.63) is 76.1 Å². The van der Waals surface area contributed by atoms with Gasteiger partial charge in [0.05, 0.1) is 16.8 Å². The highest BCUT2D eigenvalue weighted by Gasteiger charge is 2.12. The van der Waals surface area contributed by atoms with Crippen molar-refractivity contribution in [1.29, 1.82) is 0 Å². The standard InChI is InChI=1S/C24H24N2O2S/c1-4-28-12-11-26-21-14-16(2)13-17(3)22(21)29-24(26)25-23(27)20-10-9-18-7-5-6-8-19(18)15-20/h5-10,13-15H,4,11-12H2,1-3H3. The lowest BCUT2D eigenvalue weighted by atomic mass is 10.1. The highest BCUT2D eigenvalue weighted by atomic mass is 32.1. The molecule has 0 radical (unpaired) electrons. The van der Waals surface area contributed by atoms with E-state index in [1.807, 2.05) is 49.4 Å². The first kappa shape index (κ1) is 19.6. The number of hydrogen-bond donors (Lipinski definition) is 0. The van der Waals surface area contributed by atoms with Gasteiger partial charge in [0.2, 0.25) is 0 Å². The van der Waals surface area contributed by atoms with Gasteiger partial charge >= 0.3 is 0 Å². The highest BCUT2D eigenvalue weighted by Crippen LogP contribution is 2.24. The van der Waals surface area contributed by atoms with E-state index in [2.05, 4.69) is 35.5 Å². The van der Waals surface area contributed by atoms with Crippen LogP contribution in [-0.2, 0) is 11.3 Å². The van der Waals surface area contributed by atoms with Crippen molar-refractivity contribution in [3.63, 3.8) is 0 Å². The van der Waals surface area contributed by atoms with Gasteiger partial charge < -0.3 is 9.30 Å². The Bertz CT molecular complexity index is 1270. The Hall–Kier alpha value is -2.76. The van der Waals surface area contributed by atoms with E-state index in [0.717, 1.165) is 21.0 Å². The first-order chi connectivity index (χ1) is 14.1. The molecular formula is C24H24N2O2S. The molecule has 1 heterocycles. The van der Waals surface area contributed by atoms with E-state index >= 15 is 0 Å². The largest absolute Gasteiger partial charge is 0.380 e. The number of fused-ring (bicyclic) bond motifs is 2.